The standard InChI is InChI=1S/C22H20Cl2N2O3S/c1-13-11-26(12-14(2)28-13)22-25-21(27)20(30-22)9-15-3-6-18(10-19(15)24)29-17-7-4-16(23)5-8-17/h3-10,13-14H,11-12H2,1-2H3. The number of hydrogen-bond acceptors (Lipinski definition) is 5. The van der Waals surface area contributed by atoms with Crippen LogP contribution in [0.2, 0.25) is 10.0 Å². The zero-order valence-electron chi connectivity index (χ0n) is 16.5. The van der Waals surface area contributed by atoms with Gasteiger partial charge in [-0.25, -0.2) is 0 Å². The molecule has 2 heterocycles. The highest BCUT2D eigenvalue weighted by atomic mass is 35.5. The maximum absolute atomic E-state index is 12.4. The summed E-state index contributed by atoms with van der Waals surface area (Å²) in [5.41, 5.74) is 0.733. The summed E-state index contributed by atoms with van der Waals surface area (Å²) < 4.78 is 11.6. The SMILES string of the molecule is CC1CN(C2=NC(=O)C(=Cc3ccc(Oc4ccc(Cl)cc4)cc3Cl)S2)CC(C)O1. The Morgan fingerprint density at radius 1 is 1.10 bits per heavy atom. The smallest absolute Gasteiger partial charge is 0.286 e. The van der Waals surface area contributed by atoms with Crippen molar-refractivity contribution in [3.63, 3.8) is 0 Å². The third-order valence-electron chi connectivity index (χ3n) is 4.61. The summed E-state index contributed by atoms with van der Waals surface area (Å²) in [6, 6.07) is 12.4. The highest BCUT2D eigenvalue weighted by molar-refractivity contribution is 8.18. The largest absolute Gasteiger partial charge is 0.457 e. The van der Waals surface area contributed by atoms with Crippen molar-refractivity contribution in [2.24, 2.45) is 4.99 Å². The minimum absolute atomic E-state index is 0.0998. The molecule has 2 aromatic rings. The number of morpholine rings is 1. The van der Waals surface area contributed by atoms with Crippen LogP contribution in [0.15, 0.2) is 52.4 Å². The van der Waals surface area contributed by atoms with Crippen molar-refractivity contribution in [2.75, 3.05) is 13.1 Å². The second-order valence-electron chi connectivity index (χ2n) is 7.21. The van der Waals surface area contributed by atoms with Gasteiger partial charge in [0.25, 0.3) is 5.91 Å². The van der Waals surface area contributed by atoms with E-state index in [1.165, 1.54) is 11.8 Å². The van der Waals surface area contributed by atoms with Crippen LogP contribution in [0.4, 0.5) is 0 Å². The van der Waals surface area contributed by atoms with Gasteiger partial charge in [-0.15, -0.1) is 0 Å². The molecule has 1 saturated heterocycles. The molecular formula is C22H20Cl2N2O3S. The predicted octanol–water partition coefficient (Wildman–Crippen LogP) is 5.87. The van der Waals surface area contributed by atoms with Crippen LogP contribution < -0.4 is 4.74 Å². The van der Waals surface area contributed by atoms with E-state index >= 15 is 0 Å². The summed E-state index contributed by atoms with van der Waals surface area (Å²) in [5, 5.41) is 1.85. The summed E-state index contributed by atoms with van der Waals surface area (Å²) in [6.45, 7) is 5.48. The molecule has 0 bridgehead atoms. The van der Waals surface area contributed by atoms with Crippen molar-refractivity contribution in [3.8, 4) is 11.5 Å². The molecule has 0 N–H and O–H groups in total. The fourth-order valence-corrected chi connectivity index (χ4v) is 4.61. The lowest BCUT2D eigenvalue weighted by Gasteiger charge is -2.35. The summed E-state index contributed by atoms with van der Waals surface area (Å²) in [7, 11) is 0. The minimum Gasteiger partial charge on any atom is -0.457 e. The minimum atomic E-state index is -0.251. The van der Waals surface area contributed by atoms with Gasteiger partial charge in [0.1, 0.15) is 11.5 Å². The van der Waals surface area contributed by atoms with Crippen molar-refractivity contribution >= 4 is 52.1 Å². The number of hydrogen-bond donors (Lipinski definition) is 0. The number of nitrogens with zero attached hydrogens (tertiary/aromatic N) is 2. The molecule has 2 atom stereocenters. The Bertz CT molecular complexity index is 1010. The number of rotatable bonds is 3. The summed E-state index contributed by atoms with van der Waals surface area (Å²) in [6.07, 6.45) is 1.97. The lowest BCUT2D eigenvalue weighted by Crippen LogP contribution is -2.47. The van der Waals surface area contributed by atoms with Crippen molar-refractivity contribution < 1.29 is 14.3 Å². The molecule has 156 valence electrons. The molecule has 2 aromatic carbocycles. The van der Waals surface area contributed by atoms with Crippen LogP contribution in [0.3, 0.4) is 0 Å². The van der Waals surface area contributed by atoms with Crippen molar-refractivity contribution in [3.05, 3.63) is 63.0 Å². The Labute approximate surface area is 189 Å². The summed E-state index contributed by atoms with van der Waals surface area (Å²) in [4.78, 5) is 19.3. The average Bonchev–Trinajstić information content (AvgIpc) is 3.06. The molecule has 0 spiro atoms. The number of halogens is 2. The van der Waals surface area contributed by atoms with E-state index in [0.717, 1.165) is 5.56 Å². The highest BCUT2D eigenvalue weighted by Gasteiger charge is 2.31. The molecule has 1 fully saturated rings. The molecule has 5 nitrogen and oxygen atoms in total. The number of benzene rings is 2. The van der Waals surface area contributed by atoms with Gasteiger partial charge < -0.3 is 14.4 Å². The number of thioether (sulfide) groups is 1. The van der Waals surface area contributed by atoms with E-state index in [-0.39, 0.29) is 18.1 Å². The van der Waals surface area contributed by atoms with Gasteiger partial charge in [-0.1, -0.05) is 23.2 Å². The molecule has 0 aliphatic carbocycles. The monoisotopic (exact) mass is 462 g/mol. The first-order valence-corrected chi connectivity index (χ1v) is 11.1. The maximum Gasteiger partial charge on any atom is 0.286 e. The lowest BCUT2D eigenvalue weighted by molar-refractivity contribution is -0.113. The Balaban J connectivity index is 1.47. The van der Waals surface area contributed by atoms with E-state index < -0.39 is 0 Å². The first-order valence-electron chi connectivity index (χ1n) is 9.53. The number of carbonyl (C=O) groups is 1. The molecule has 2 aliphatic heterocycles. The molecule has 30 heavy (non-hydrogen) atoms. The number of carbonyl (C=O) groups excluding carboxylic acids is 1. The number of aliphatic imine (C=N–C) groups is 1. The van der Waals surface area contributed by atoms with Gasteiger partial charge >= 0.3 is 0 Å². The Morgan fingerprint density at radius 3 is 2.43 bits per heavy atom. The number of amidine groups is 1. The van der Waals surface area contributed by atoms with Crippen LogP contribution >= 0.6 is 35.0 Å². The van der Waals surface area contributed by atoms with E-state index in [9.17, 15) is 4.79 Å². The molecular weight excluding hydrogens is 443 g/mol. The number of amides is 1. The van der Waals surface area contributed by atoms with Crippen molar-refractivity contribution in [2.45, 2.75) is 26.1 Å². The molecule has 0 radical (unpaired) electrons. The van der Waals surface area contributed by atoms with Gasteiger partial charge in [0.15, 0.2) is 5.17 Å². The molecule has 0 saturated carbocycles. The Kier molecular flexibility index (Phi) is 6.39. The van der Waals surface area contributed by atoms with E-state index in [4.69, 9.17) is 32.7 Å². The molecule has 2 aliphatic rings. The lowest BCUT2D eigenvalue weighted by atomic mass is 10.2. The second-order valence-corrected chi connectivity index (χ2v) is 9.06. The molecule has 1 amide bonds. The zero-order valence-corrected chi connectivity index (χ0v) is 18.8. The predicted molar refractivity (Wildman–Crippen MR) is 123 cm³/mol. The van der Waals surface area contributed by atoms with Gasteiger partial charge in [0.2, 0.25) is 0 Å². The van der Waals surface area contributed by atoms with Crippen LogP contribution in [0.5, 0.6) is 11.5 Å². The highest BCUT2D eigenvalue weighted by Crippen LogP contribution is 2.34. The van der Waals surface area contributed by atoms with Crippen LogP contribution in [0, 0.1) is 0 Å². The first kappa shape index (κ1) is 21.2. The normalized spacial score (nSPS) is 23.1. The Hall–Kier alpha value is -1.99. The van der Waals surface area contributed by atoms with Gasteiger partial charge in [-0.2, -0.15) is 4.99 Å². The van der Waals surface area contributed by atoms with Gasteiger partial charge in [0, 0.05) is 18.1 Å². The van der Waals surface area contributed by atoms with E-state index in [2.05, 4.69) is 9.89 Å². The second kappa shape index (κ2) is 9.02. The third kappa shape index (κ3) is 5.01. The molecule has 8 heteroatoms. The fraction of sp³-hybridized carbons (Fsp3) is 0.273. The molecule has 4 rings (SSSR count). The molecule has 2 unspecified atom stereocenters. The zero-order chi connectivity index (χ0) is 21.3. The summed E-state index contributed by atoms with van der Waals surface area (Å²) >= 11 is 13.7. The van der Waals surface area contributed by atoms with E-state index in [1.807, 2.05) is 26.0 Å². The topological polar surface area (TPSA) is 51.1 Å². The van der Waals surface area contributed by atoms with Crippen LogP contribution in [-0.2, 0) is 9.53 Å². The fourth-order valence-electron chi connectivity index (χ4n) is 3.34. The van der Waals surface area contributed by atoms with Crippen molar-refractivity contribution in [1.82, 2.24) is 4.90 Å². The average molecular weight is 463 g/mol. The van der Waals surface area contributed by atoms with Gasteiger partial charge in [-0.3, -0.25) is 4.79 Å². The van der Waals surface area contributed by atoms with Crippen LogP contribution in [-0.4, -0.2) is 41.3 Å². The van der Waals surface area contributed by atoms with Crippen LogP contribution in [0.25, 0.3) is 6.08 Å². The quantitative estimate of drug-likeness (QED) is 0.534. The first-order chi connectivity index (χ1) is 14.4. The van der Waals surface area contributed by atoms with E-state index in [1.54, 1.807) is 36.4 Å². The molecule has 0 aromatic heterocycles. The Morgan fingerprint density at radius 2 is 1.77 bits per heavy atom. The van der Waals surface area contributed by atoms with Gasteiger partial charge in [0.05, 0.1) is 22.1 Å². The van der Waals surface area contributed by atoms with Crippen LogP contribution in [0.1, 0.15) is 19.4 Å². The van der Waals surface area contributed by atoms with Gasteiger partial charge in [-0.05, 0) is 79.7 Å². The summed E-state index contributed by atoms with van der Waals surface area (Å²) in [5.74, 6) is 1.01. The maximum atomic E-state index is 12.4. The van der Waals surface area contributed by atoms with E-state index in [0.29, 0.717) is 44.7 Å². The van der Waals surface area contributed by atoms with Crippen molar-refractivity contribution in [1.29, 1.82) is 0 Å². The third-order valence-corrected chi connectivity index (χ3v) is 6.23. The number of ether oxygens (including phenoxy) is 2.